The first-order chi connectivity index (χ1) is 19.6. The molecule has 10 heteroatoms. The molecule has 0 spiro atoms. The highest BCUT2D eigenvalue weighted by molar-refractivity contribution is 6.01. The van der Waals surface area contributed by atoms with Crippen LogP contribution in [0.3, 0.4) is 0 Å². The Kier molecular flexibility index (Phi) is 9.11. The predicted octanol–water partition coefficient (Wildman–Crippen LogP) is 6.76. The van der Waals surface area contributed by atoms with Gasteiger partial charge in [0, 0.05) is 17.7 Å². The number of carbonyl (C=O) groups is 2. The smallest absolute Gasteiger partial charge is 0.416 e. The van der Waals surface area contributed by atoms with E-state index in [2.05, 4.69) is 10.4 Å². The lowest BCUT2D eigenvalue weighted by atomic mass is 10.1. The minimum absolute atomic E-state index is 0.132. The Labute approximate surface area is 236 Å². The van der Waals surface area contributed by atoms with E-state index >= 15 is 0 Å². The third-order valence-corrected chi connectivity index (χ3v) is 6.54. The molecule has 214 valence electrons. The molecular weight excluding hydrogens is 533 g/mol. The van der Waals surface area contributed by atoms with Crippen LogP contribution in [0, 0.1) is 6.92 Å². The largest absolute Gasteiger partial charge is 0.497 e. The van der Waals surface area contributed by atoms with Gasteiger partial charge in [-0.3, -0.25) is 9.59 Å². The molecule has 1 N–H and O–H groups in total. The van der Waals surface area contributed by atoms with E-state index < -0.39 is 23.6 Å². The summed E-state index contributed by atoms with van der Waals surface area (Å²) in [5.41, 5.74) is 1.84. The number of alkyl halides is 3. The van der Waals surface area contributed by atoms with Crippen molar-refractivity contribution in [3.63, 3.8) is 0 Å². The molecule has 4 rings (SSSR count). The number of aryl methyl sites for hydroxylation is 1. The molecule has 0 fully saturated rings. The molecule has 0 unspecified atom stereocenters. The molecule has 1 heterocycles. The van der Waals surface area contributed by atoms with Crippen LogP contribution in [0.2, 0.25) is 0 Å². The summed E-state index contributed by atoms with van der Waals surface area (Å²) in [4.78, 5) is 28.1. The van der Waals surface area contributed by atoms with E-state index in [0.717, 1.165) is 24.1 Å². The molecular formula is C31H31F3N4O3. The number of methoxy groups -OCH3 is 1. The number of nitrogens with zero attached hydrogens (tertiary/aromatic N) is 3. The van der Waals surface area contributed by atoms with Crippen LogP contribution in [0.15, 0.2) is 78.9 Å². The van der Waals surface area contributed by atoms with Gasteiger partial charge in [0.1, 0.15) is 18.1 Å². The van der Waals surface area contributed by atoms with E-state index in [-0.39, 0.29) is 18.7 Å². The van der Waals surface area contributed by atoms with Gasteiger partial charge in [-0.25, -0.2) is 4.68 Å². The molecule has 3 aromatic carbocycles. The summed E-state index contributed by atoms with van der Waals surface area (Å²) in [7, 11) is 1.57. The van der Waals surface area contributed by atoms with Crippen molar-refractivity contribution in [2.45, 2.75) is 32.9 Å². The van der Waals surface area contributed by atoms with Gasteiger partial charge in [0.25, 0.3) is 5.91 Å². The Hall–Kier alpha value is -4.60. The predicted molar refractivity (Wildman–Crippen MR) is 151 cm³/mol. The molecule has 41 heavy (non-hydrogen) atoms. The molecule has 0 atom stereocenters. The highest BCUT2D eigenvalue weighted by Crippen LogP contribution is 2.34. The third-order valence-electron chi connectivity index (χ3n) is 6.54. The van der Waals surface area contributed by atoms with Crippen molar-refractivity contribution in [2.24, 2.45) is 0 Å². The van der Waals surface area contributed by atoms with E-state index in [0.29, 0.717) is 34.9 Å². The summed E-state index contributed by atoms with van der Waals surface area (Å²) in [5, 5.41) is 7.61. The Morgan fingerprint density at radius 2 is 1.71 bits per heavy atom. The van der Waals surface area contributed by atoms with E-state index in [1.807, 2.05) is 44.2 Å². The van der Waals surface area contributed by atoms with Crippen LogP contribution < -0.4 is 10.1 Å². The molecule has 1 aromatic heterocycles. The first-order valence-electron chi connectivity index (χ1n) is 13.2. The minimum atomic E-state index is -4.59. The maximum Gasteiger partial charge on any atom is 0.416 e. The number of halogens is 3. The number of unbranched alkanes of at least 4 members (excludes halogenated alkanes) is 1. The average molecular weight is 565 g/mol. The van der Waals surface area contributed by atoms with E-state index in [1.165, 1.54) is 17.0 Å². The number of aromatic nitrogens is 2. The van der Waals surface area contributed by atoms with Gasteiger partial charge in [-0.15, -0.1) is 0 Å². The Morgan fingerprint density at radius 1 is 1.00 bits per heavy atom. The van der Waals surface area contributed by atoms with Gasteiger partial charge in [-0.05, 0) is 61.4 Å². The minimum Gasteiger partial charge on any atom is -0.497 e. The highest BCUT2D eigenvalue weighted by atomic mass is 19.4. The monoisotopic (exact) mass is 564 g/mol. The molecule has 0 saturated carbocycles. The fourth-order valence-electron chi connectivity index (χ4n) is 4.46. The normalized spacial score (nSPS) is 11.3. The maximum atomic E-state index is 13.5. The molecule has 0 aliphatic carbocycles. The zero-order valence-corrected chi connectivity index (χ0v) is 23.0. The van der Waals surface area contributed by atoms with Crippen LogP contribution in [-0.2, 0) is 11.0 Å². The number of carbonyl (C=O) groups excluding carboxylic acids is 2. The Morgan fingerprint density at radius 3 is 2.34 bits per heavy atom. The van der Waals surface area contributed by atoms with Crippen molar-refractivity contribution >= 4 is 17.6 Å². The molecule has 0 aliphatic rings. The molecule has 4 aromatic rings. The van der Waals surface area contributed by atoms with Gasteiger partial charge in [0.2, 0.25) is 5.91 Å². The number of nitrogens with one attached hydrogen (secondary N) is 1. The lowest BCUT2D eigenvalue weighted by Crippen LogP contribution is -2.39. The number of amides is 2. The second-order valence-electron chi connectivity index (χ2n) is 9.49. The van der Waals surface area contributed by atoms with Gasteiger partial charge in [-0.1, -0.05) is 49.7 Å². The Bertz CT molecular complexity index is 1500. The van der Waals surface area contributed by atoms with Gasteiger partial charge in [0.05, 0.1) is 24.1 Å². The van der Waals surface area contributed by atoms with Gasteiger partial charge in [-0.2, -0.15) is 18.3 Å². The molecule has 2 amide bonds. The van der Waals surface area contributed by atoms with E-state index in [9.17, 15) is 22.8 Å². The average Bonchev–Trinajstić information content (AvgIpc) is 3.30. The first-order valence-corrected chi connectivity index (χ1v) is 13.2. The van der Waals surface area contributed by atoms with Crippen molar-refractivity contribution in [2.75, 3.05) is 25.5 Å². The van der Waals surface area contributed by atoms with Crippen molar-refractivity contribution < 1.29 is 27.5 Å². The van der Waals surface area contributed by atoms with Crippen molar-refractivity contribution in [1.29, 1.82) is 0 Å². The maximum absolute atomic E-state index is 13.5. The first kappa shape index (κ1) is 29.4. The van der Waals surface area contributed by atoms with E-state index in [4.69, 9.17) is 4.74 Å². The van der Waals surface area contributed by atoms with Gasteiger partial charge in [0.15, 0.2) is 0 Å². The zero-order chi connectivity index (χ0) is 29.6. The number of rotatable bonds is 10. The SMILES string of the molecule is CCCCN(CC(=O)Nc1c(-c2ccccc2)c(C)nn1-c1ccc(OC)cc1)C(=O)c1cccc(C(F)(F)F)c1. The van der Waals surface area contributed by atoms with Crippen LogP contribution in [0.1, 0.15) is 41.4 Å². The Balaban J connectivity index is 1.67. The topological polar surface area (TPSA) is 76.5 Å². The lowest BCUT2D eigenvalue weighted by Gasteiger charge is -2.23. The van der Waals surface area contributed by atoms with Crippen molar-refractivity contribution in [1.82, 2.24) is 14.7 Å². The number of hydrogen-bond acceptors (Lipinski definition) is 4. The molecule has 0 aliphatic heterocycles. The molecule has 0 saturated heterocycles. The van der Waals surface area contributed by atoms with Crippen molar-refractivity contribution in [3.8, 4) is 22.6 Å². The summed E-state index contributed by atoms with van der Waals surface area (Å²) >= 11 is 0. The fraction of sp³-hybridized carbons (Fsp3) is 0.258. The summed E-state index contributed by atoms with van der Waals surface area (Å²) in [6, 6.07) is 20.9. The summed E-state index contributed by atoms with van der Waals surface area (Å²) in [5.74, 6) is -0.0897. The highest BCUT2D eigenvalue weighted by Gasteiger charge is 2.31. The van der Waals surface area contributed by atoms with Crippen LogP contribution in [-0.4, -0.2) is 46.7 Å². The van der Waals surface area contributed by atoms with Crippen LogP contribution in [0.5, 0.6) is 5.75 Å². The third kappa shape index (κ3) is 6.95. The number of benzene rings is 3. The summed E-state index contributed by atoms with van der Waals surface area (Å²) in [6.07, 6.45) is -3.28. The molecule has 0 bridgehead atoms. The van der Waals surface area contributed by atoms with Gasteiger partial charge < -0.3 is 15.0 Å². The summed E-state index contributed by atoms with van der Waals surface area (Å²) < 4.78 is 46.7. The van der Waals surface area contributed by atoms with E-state index in [1.54, 1.807) is 36.1 Å². The number of ether oxygens (including phenoxy) is 1. The quantitative estimate of drug-likeness (QED) is 0.231. The zero-order valence-electron chi connectivity index (χ0n) is 23.0. The lowest BCUT2D eigenvalue weighted by molar-refractivity contribution is -0.137. The summed E-state index contributed by atoms with van der Waals surface area (Å²) in [6.45, 7) is 3.62. The van der Waals surface area contributed by atoms with Crippen LogP contribution >= 0.6 is 0 Å². The fourth-order valence-corrected chi connectivity index (χ4v) is 4.46. The standard InChI is InChI=1S/C31H31F3N4O3/c1-4-5-18-37(30(40)23-12-9-13-24(19-23)31(32,33)34)20-27(39)35-29-28(22-10-7-6-8-11-22)21(2)36-38(29)25-14-16-26(41-3)17-15-25/h6-17,19H,4-5,18,20H2,1-3H3,(H,35,39). The second-order valence-corrected chi connectivity index (χ2v) is 9.49. The molecule has 0 radical (unpaired) electrons. The number of hydrogen-bond donors (Lipinski definition) is 1. The number of anilines is 1. The molecule has 7 nitrogen and oxygen atoms in total. The van der Waals surface area contributed by atoms with Crippen LogP contribution in [0.25, 0.3) is 16.8 Å². The second kappa shape index (κ2) is 12.7. The van der Waals surface area contributed by atoms with Gasteiger partial charge >= 0.3 is 6.18 Å². The van der Waals surface area contributed by atoms with Crippen molar-refractivity contribution in [3.05, 3.63) is 95.7 Å². The van der Waals surface area contributed by atoms with Crippen LogP contribution in [0.4, 0.5) is 19.0 Å².